The summed E-state index contributed by atoms with van der Waals surface area (Å²) < 4.78 is 5.06. The highest BCUT2D eigenvalue weighted by Gasteiger charge is 2.64. The van der Waals surface area contributed by atoms with Crippen LogP contribution in [0.15, 0.2) is 82.0 Å². The maximum Gasteiger partial charge on any atom is 0.327 e. The van der Waals surface area contributed by atoms with Crippen LogP contribution in [-0.2, 0) is 14.4 Å². The van der Waals surface area contributed by atoms with Crippen LogP contribution in [0.4, 0.5) is 0 Å². The van der Waals surface area contributed by atoms with Crippen molar-refractivity contribution in [3.05, 3.63) is 94.3 Å². The van der Waals surface area contributed by atoms with E-state index < -0.39 is 57.4 Å². The number of carboxylic acids is 1. The molecule has 11 heteroatoms. The van der Waals surface area contributed by atoms with Crippen LogP contribution in [0.5, 0.6) is 0 Å². The fourth-order valence-corrected chi connectivity index (χ4v) is 7.20. The van der Waals surface area contributed by atoms with E-state index >= 15 is 0 Å². The molecule has 1 unspecified atom stereocenters. The van der Waals surface area contributed by atoms with Crippen molar-refractivity contribution in [2.45, 2.75) is 42.1 Å². The van der Waals surface area contributed by atoms with E-state index in [0.29, 0.717) is 16.3 Å². The number of benzene rings is 3. The average molecular weight is 572 g/mol. The van der Waals surface area contributed by atoms with Crippen LogP contribution < -0.4 is 16.1 Å². The van der Waals surface area contributed by atoms with E-state index in [2.05, 4.69) is 10.6 Å². The van der Waals surface area contributed by atoms with Gasteiger partial charge in [-0.15, -0.1) is 11.8 Å². The summed E-state index contributed by atoms with van der Waals surface area (Å²) in [5, 5.41) is 16.4. The van der Waals surface area contributed by atoms with Gasteiger partial charge in [0.05, 0.1) is 5.39 Å². The molecular weight excluding hydrogens is 546 g/mol. The van der Waals surface area contributed by atoms with E-state index in [4.69, 9.17) is 4.42 Å². The van der Waals surface area contributed by atoms with Gasteiger partial charge in [0.2, 0.25) is 11.8 Å². The summed E-state index contributed by atoms with van der Waals surface area (Å²) >= 11 is 1.30. The zero-order valence-electron chi connectivity index (χ0n) is 22.0. The number of amides is 3. The number of β-lactam (4-membered cyclic amide) rings is 1. The molecule has 0 aliphatic carbocycles. The minimum Gasteiger partial charge on any atom is -0.480 e. The summed E-state index contributed by atoms with van der Waals surface area (Å²) in [4.78, 5) is 66.0. The van der Waals surface area contributed by atoms with Crippen molar-refractivity contribution in [2.24, 2.45) is 0 Å². The van der Waals surface area contributed by atoms with Gasteiger partial charge in [-0.3, -0.25) is 19.2 Å². The lowest BCUT2D eigenvalue weighted by Crippen LogP contribution is -2.71. The number of rotatable bonds is 6. The Labute approximate surface area is 237 Å². The SMILES string of the molecule is CC1(C)S[C@@H]2[C@H](NC(=O)C(NC(=O)c3cc(=O)c4c(ccc5ccccc54)o3)c3ccccc3)C(=O)N2[C@H]1C(=O)O. The van der Waals surface area contributed by atoms with Gasteiger partial charge in [-0.25, -0.2) is 4.79 Å². The maximum absolute atomic E-state index is 13.5. The molecule has 2 saturated heterocycles. The maximum atomic E-state index is 13.5. The molecular formula is C30H25N3O7S. The summed E-state index contributed by atoms with van der Waals surface area (Å²) in [5.74, 6) is -3.32. The van der Waals surface area contributed by atoms with Crippen molar-refractivity contribution in [2.75, 3.05) is 0 Å². The molecule has 41 heavy (non-hydrogen) atoms. The number of nitrogens with one attached hydrogen (secondary N) is 2. The van der Waals surface area contributed by atoms with Crippen LogP contribution in [-0.4, -0.2) is 55.9 Å². The first-order chi connectivity index (χ1) is 19.6. The highest BCUT2D eigenvalue weighted by atomic mass is 32.2. The quantitative estimate of drug-likeness (QED) is 0.237. The van der Waals surface area contributed by atoms with Crippen molar-refractivity contribution in [3.8, 4) is 0 Å². The molecule has 3 N–H and O–H groups in total. The van der Waals surface area contributed by atoms with Gasteiger partial charge in [0.1, 0.15) is 29.1 Å². The zero-order chi connectivity index (χ0) is 29.1. The lowest BCUT2D eigenvalue weighted by atomic mass is 9.95. The van der Waals surface area contributed by atoms with Crippen LogP contribution in [0, 0.1) is 0 Å². The fraction of sp³-hybridized carbons (Fsp3) is 0.233. The highest BCUT2D eigenvalue weighted by Crippen LogP contribution is 2.50. The molecule has 0 spiro atoms. The standard InChI is InChI=1S/C30H25N3O7S/c1-30(2)24(29(38)39)33-27(37)23(28(33)41-30)32-26(36)22(16-9-4-3-5-10-16)31-25(35)20-14-18(34)21-17-11-7-6-8-15(17)12-13-19(21)40-20/h3-14,22-24,28H,1-2H3,(H,31,35)(H,32,36)(H,38,39)/t22?,23-,24+,28-/m1/s1. The van der Waals surface area contributed by atoms with E-state index in [1.165, 1.54) is 16.7 Å². The number of hydrogen-bond acceptors (Lipinski definition) is 7. The Morgan fingerprint density at radius 2 is 1.71 bits per heavy atom. The summed E-state index contributed by atoms with van der Waals surface area (Å²) in [6, 6.07) is 17.1. The highest BCUT2D eigenvalue weighted by molar-refractivity contribution is 8.01. The Kier molecular flexibility index (Phi) is 6.33. The van der Waals surface area contributed by atoms with Gasteiger partial charge in [0.25, 0.3) is 5.91 Å². The summed E-state index contributed by atoms with van der Waals surface area (Å²) in [6.07, 6.45) is 0. The van der Waals surface area contributed by atoms with Crippen LogP contribution in [0.2, 0.25) is 0 Å². The monoisotopic (exact) mass is 571 g/mol. The second-order valence-corrected chi connectivity index (χ2v) is 12.3. The van der Waals surface area contributed by atoms with Gasteiger partial charge >= 0.3 is 5.97 Å². The second kappa shape index (κ2) is 9.77. The molecule has 10 nitrogen and oxygen atoms in total. The van der Waals surface area contributed by atoms with Crippen LogP contribution in [0.25, 0.3) is 21.7 Å². The number of fused-ring (bicyclic) bond motifs is 4. The molecule has 208 valence electrons. The van der Waals surface area contributed by atoms with Gasteiger partial charge < -0.3 is 25.1 Å². The lowest BCUT2D eigenvalue weighted by Gasteiger charge is -2.44. The van der Waals surface area contributed by atoms with Crippen LogP contribution in [0.3, 0.4) is 0 Å². The fourth-order valence-electron chi connectivity index (χ4n) is 5.57. The topological polar surface area (TPSA) is 146 Å². The minimum atomic E-state index is -1.22. The molecule has 0 bridgehead atoms. The molecule has 0 saturated carbocycles. The molecule has 3 heterocycles. The predicted molar refractivity (Wildman–Crippen MR) is 152 cm³/mol. The molecule has 6 rings (SSSR count). The molecule has 3 amide bonds. The van der Waals surface area contributed by atoms with Crippen LogP contribution >= 0.6 is 11.8 Å². The molecule has 2 aliphatic heterocycles. The number of nitrogens with zero attached hydrogens (tertiary/aromatic N) is 1. The molecule has 4 aromatic rings. The summed E-state index contributed by atoms with van der Waals surface area (Å²) in [6.45, 7) is 3.49. The number of carboxylic acid groups (broad SMARTS) is 1. The van der Waals surface area contributed by atoms with E-state index in [-0.39, 0.29) is 11.3 Å². The molecule has 3 aromatic carbocycles. The lowest BCUT2D eigenvalue weighted by molar-refractivity contribution is -0.161. The number of thioether (sulfide) groups is 1. The largest absolute Gasteiger partial charge is 0.480 e. The first kappa shape index (κ1) is 26.6. The summed E-state index contributed by atoms with van der Waals surface area (Å²) in [7, 11) is 0. The average Bonchev–Trinajstić information content (AvgIpc) is 3.22. The van der Waals surface area contributed by atoms with Crippen molar-refractivity contribution < 1.29 is 28.7 Å². The Morgan fingerprint density at radius 1 is 1.00 bits per heavy atom. The molecule has 2 fully saturated rings. The van der Waals surface area contributed by atoms with Crippen molar-refractivity contribution in [1.82, 2.24) is 15.5 Å². The summed E-state index contributed by atoms with van der Waals surface area (Å²) in [5.41, 5.74) is 0.276. The molecule has 4 atom stereocenters. The Bertz CT molecular complexity index is 1800. The molecule has 1 aromatic heterocycles. The zero-order valence-corrected chi connectivity index (χ0v) is 22.8. The van der Waals surface area contributed by atoms with E-state index in [9.17, 15) is 29.1 Å². The second-order valence-electron chi connectivity index (χ2n) is 10.5. The predicted octanol–water partition coefficient (Wildman–Crippen LogP) is 3.05. The van der Waals surface area contributed by atoms with E-state index in [1.54, 1.807) is 62.4 Å². The van der Waals surface area contributed by atoms with Crippen molar-refractivity contribution >= 4 is 57.2 Å². The van der Waals surface area contributed by atoms with Gasteiger partial charge in [-0.2, -0.15) is 0 Å². The van der Waals surface area contributed by atoms with Gasteiger partial charge in [-0.05, 0) is 36.2 Å². The van der Waals surface area contributed by atoms with Gasteiger partial charge in [0.15, 0.2) is 11.2 Å². The first-order valence-corrected chi connectivity index (χ1v) is 13.8. The third-order valence-corrected chi connectivity index (χ3v) is 9.06. The molecule has 2 aliphatic rings. The number of carbonyl (C=O) groups excluding carboxylic acids is 3. The van der Waals surface area contributed by atoms with Crippen molar-refractivity contribution in [3.63, 3.8) is 0 Å². The Balaban J connectivity index is 1.27. The third kappa shape index (κ3) is 4.42. The smallest absolute Gasteiger partial charge is 0.327 e. The first-order valence-electron chi connectivity index (χ1n) is 12.9. The number of carbonyl (C=O) groups is 4. The Morgan fingerprint density at radius 3 is 2.44 bits per heavy atom. The van der Waals surface area contributed by atoms with Gasteiger partial charge in [0, 0.05) is 10.8 Å². The number of hydrogen-bond donors (Lipinski definition) is 3. The Hall–Kier alpha value is -4.64. The number of aliphatic carboxylic acids is 1. The van der Waals surface area contributed by atoms with Gasteiger partial charge in [-0.1, -0.05) is 60.7 Å². The normalized spacial score (nSPS) is 21.7. The minimum absolute atomic E-state index is 0.232. The van der Waals surface area contributed by atoms with Crippen molar-refractivity contribution in [1.29, 1.82) is 0 Å². The van der Waals surface area contributed by atoms with E-state index in [0.717, 1.165) is 11.5 Å². The van der Waals surface area contributed by atoms with E-state index in [1.807, 2.05) is 18.2 Å². The molecule has 0 radical (unpaired) electrons. The van der Waals surface area contributed by atoms with Crippen LogP contribution in [0.1, 0.15) is 36.0 Å². The third-order valence-electron chi connectivity index (χ3n) is 7.49.